The number of aliphatic hydroxyl groups excluding tert-OH is 1. The Morgan fingerprint density at radius 3 is 2.27 bits per heavy atom. The highest BCUT2D eigenvalue weighted by atomic mass is 16.3. The van der Waals surface area contributed by atoms with Gasteiger partial charge < -0.3 is 10.4 Å². The second kappa shape index (κ2) is 6.80. The Balaban J connectivity index is 1.94. The van der Waals surface area contributed by atoms with Crippen LogP contribution in [0.25, 0.3) is 0 Å². The van der Waals surface area contributed by atoms with Crippen LogP contribution in [0.4, 0.5) is 5.69 Å². The molecule has 1 heterocycles. The second-order valence-electron chi connectivity index (χ2n) is 7.26. The molecule has 1 unspecified atom stereocenters. The van der Waals surface area contributed by atoms with Crippen LogP contribution >= 0.6 is 0 Å². The maximum absolute atomic E-state index is 12.4. The van der Waals surface area contributed by atoms with E-state index in [1.54, 1.807) is 0 Å². The van der Waals surface area contributed by atoms with Crippen molar-refractivity contribution in [2.75, 3.05) is 18.4 Å². The Kier molecular flexibility index (Phi) is 5.24. The zero-order chi connectivity index (χ0) is 16.3. The van der Waals surface area contributed by atoms with E-state index >= 15 is 0 Å². The highest BCUT2D eigenvalue weighted by Crippen LogP contribution is 2.23. The number of nitrogens with zero attached hydrogens (tertiary/aromatic N) is 1. The molecule has 22 heavy (non-hydrogen) atoms. The molecule has 122 valence electrons. The van der Waals surface area contributed by atoms with Crippen molar-refractivity contribution in [2.24, 2.45) is 0 Å². The summed E-state index contributed by atoms with van der Waals surface area (Å²) in [7, 11) is 0. The van der Waals surface area contributed by atoms with Crippen LogP contribution < -0.4 is 5.32 Å². The van der Waals surface area contributed by atoms with E-state index in [-0.39, 0.29) is 23.5 Å². The van der Waals surface area contributed by atoms with Crippen LogP contribution in [0.3, 0.4) is 0 Å². The Hall–Kier alpha value is -1.39. The number of anilines is 1. The Labute approximate surface area is 133 Å². The number of carbonyl (C=O) groups is 1. The molecule has 0 saturated carbocycles. The van der Waals surface area contributed by atoms with Gasteiger partial charge in [0.25, 0.3) is 0 Å². The highest BCUT2D eigenvalue weighted by Gasteiger charge is 2.25. The minimum atomic E-state index is -0.212. The molecule has 1 amide bonds. The monoisotopic (exact) mass is 304 g/mol. The predicted octanol–water partition coefficient (Wildman–Crippen LogP) is 2.77. The molecular formula is C18H28N2O2. The van der Waals surface area contributed by atoms with Crippen LogP contribution in [-0.2, 0) is 10.2 Å². The van der Waals surface area contributed by atoms with Crippen molar-refractivity contribution in [1.29, 1.82) is 0 Å². The van der Waals surface area contributed by atoms with E-state index in [9.17, 15) is 9.90 Å². The average Bonchev–Trinajstić information content (AvgIpc) is 2.47. The van der Waals surface area contributed by atoms with Crippen molar-refractivity contribution in [3.8, 4) is 0 Å². The van der Waals surface area contributed by atoms with Gasteiger partial charge in [0.05, 0.1) is 12.1 Å². The third-order valence-electron chi connectivity index (χ3n) is 4.44. The molecule has 0 aromatic heterocycles. The van der Waals surface area contributed by atoms with Crippen molar-refractivity contribution in [3.05, 3.63) is 29.8 Å². The van der Waals surface area contributed by atoms with Crippen molar-refractivity contribution >= 4 is 11.6 Å². The summed E-state index contributed by atoms with van der Waals surface area (Å²) < 4.78 is 0. The minimum Gasteiger partial charge on any atom is -0.393 e. The van der Waals surface area contributed by atoms with Gasteiger partial charge in [0.1, 0.15) is 0 Å². The first-order valence-corrected chi connectivity index (χ1v) is 8.11. The number of amides is 1. The SMILES string of the molecule is CC(C(=O)Nc1ccc(C(C)(C)C)cc1)N1CCC(O)CC1. The molecule has 2 rings (SSSR count). The lowest BCUT2D eigenvalue weighted by Crippen LogP contribution is -2.47. The molecule has 1 fully saturated rings. The molecule has 0 spiro atoms. The Morgan fingerprint density at radius 1 is 1.23 bits per heavy atom. The molecule has 4 heteroatoms. The lowest BCUT2D eigenvalue weighted by atomic mass is 9.87. The Bertz CT molecular complexity index is 497. The first kappa shape index (κ1) is 17.0. The molecule has 1 aliphatic heterocycles. The Morgan fingerprint density at radius 2 is 1.77 bits per heavy atom. The van der Waals surface area contributed by atoms with Gasteiger partial charge in [0, 0.05) is 18.8 Å². The fourth-order valence-electron chi connectivity index (χ4n) is 2.74. The summed E-state index contributed by atoms with van der Waals surface area (Å²) in [6, 6.07) is 7.89. The lowest BCUT2D eigenvalue weighted by molar-refractivity contribution is -0.121. The lowest BCUT2D eigenvalue weighted by Gasteiger charge is -2.33. The van der Waals surface area contributed by atoms with Gasteiger partial charge in [-0.05, 0) is 42.9 Å². The number of hydrogen-bond donors (Lipinski definition) is 2. The average molecular weight is 304 g/mol. The van der Waals surface area contributed by atoms with Crippen molar-refractivity contribution in [3.63, 3.8) is 0 Å². The summed E-state index contributed by atoms with van der Waals surface area (Å²) in [5.74, 6) is 0.0138. The number of hydrogen-bond acceptors (Lipinski definition) is 3. The number of piperidine rings is 1. The van der Waals surface area contributed by atoms with Crippen LogP contribution in [-0.4, -0.2) is 41.1 Å². The number of benzene rings is 1. The summed E-state index contributed by atoms with van der Waals surface area (Å²) >= 11 is 0. The molecule has 1 aromatic carbocycles. The zero-order valence-electron chi connectivity index (χ0n) is 14.1. The maximum atomic E-state index is 12.4. The fourth-order valence-corrected chi connectivity index (χ4v) is 2.74. The van der Waals surface area contributed by atoms with Gasteiger partial charge in [-0.25, -0.2) is 0 Å². The number of aliphatic hydroxyl groups is 1. The molecule has 2 N–H and O–H groups in total. The highest BCUT2D eigenvalue weighted by molar-refractivity contribution is 5.94. The standard InChI is InChI=1S/C18H28N2O2/c1-13(20-11-9-16(21)10-12-20)17(22)19-15-7-5-14(6-8-15)18(2,3)4/h5-8,13,16,21H,9-12H2,1-4H3,(H,19,22). The molecule has 0 bridgehead atoms. The summed E-state index contributed by atoms with van der Waals surface area (Å²) in [6.45, 7) is 10.0. The molecule has 0 radical (unpaired) electrons. The van der Waals surface area contributed by atoms with E-state index in [2.05, 4.69) is 43.1 Å². The third-order valence-corrected chi connectivity index (χ3v) is 4.44. The van der Waals surface area contributed by atoms with Crippen LogP contribution in [0, 0.1) is 0 Å². The van der Waals surface area contributed by atoms with E-state index < -0.39 is 0 Å². The second-order valence-corrected chi connectivity index (χ2v) is 7.26. The smallest absolute Gasteiger partial charge is 0.241 e. The molecule has 1 aliphatic rings. The summed E-state index contributed by atoms with van der Waals surface area (Å²) in [4.78, 5) is 14.5. The number of carbonyl (C=O) groups excluding carboxylic acids is 1. The van der Waals surface area contributed by atoms with Crippen LogP contribution in [0.5, 0.6) is 0 Å². The third kappa shape index (κ3) is 4.31. The normalized spacial score (nSPS) is 19.0. The molecule has 1 saturated heterocycles. The first-order chi connectivity index (χ1) is 10.3. The number of rotatable bonds is 3. The van der Waals surface area contributed by atoms with Crippen LogP contribution in [0.2, 0.25) is 0 Å². The topological polar surface area (TPSA) is 52.6 Å². The summed E-state index contributed by atoms with van der Waals surface area (Å²) in [5.41, 5.74) is 2.20. The zero-order valence-corrected chi connectivity index (χ0v) is 14.1. The van der Waals surface area contributed by atoms with Gasteiger partial charge in [-0.2, -0.15) is 0 Å². The largest absolute Gasteiger partial charge is 0.393 e. The van der Waals surface area contributed by atoms with Crippen LogP contribution in [0.15, 0.2) is 24.3 Å². The van der Waals surface area contributed by atoms with Gasteiger partial charge in [-0.1, -0.05) is 32.9 Å². The molecule has 1 atom stereocenters. The van der Waals surface area contributed by atoms with Crippen LogP contribution in [0.1, 0.15) is 46.1 Å². The van der Waals surface area contributed by atoms with E-state index in [0.29, 0.717) is 0 Å². The molecule has 1 aromatic rings. The van der Waals surface area contributed by atoms with Gasteiger partial charge in [-0.15, -0.1) is 0 Å². The molecule has 4 nitrogen and oxygen atoms in total. The van der Waals surface area contributed by atoms with E-state index in [1.807, 2.05) is 19.1 Å². The van der Waals surface area contributed by atoms with Crippen molar-refractivity contribution < 1.29 is 9.90 Å². The first-order valence-electron chi connectivity index (χ1n) is 8.11. The summed E-state index contributed by atoms with van der Waals surface area (Å²) in [5, 5.41) is 12.5. The predicted molar refractivity (Wildman–Crippen MR) is 90.0 cm³/mol. The van der Waals surface area contributed by atoms with E-state index in [0.717, 1.165) is 31.6 Å². The summed E-state index contributed by atoms with van der Waals surface area (Å²) in [6.07, 6.45) is 1.28. The van der Waals surface area contributed by atoms with E-state index in [4.69, 9.17) is 0 Å². The van der Waals surface area contributed by atoms with Crippen molar-refractivity contribution in [2.45, 2.75) is 58.1 Å². The van der Waals surface area contributed by atoms with Gasteiger partial charge in [0.15, 0.2) is 0 Å². The quantitative estimate of drug-likeness (QED) is 0.903. The van der Waals surface area contributed by atoms with E-state index in [1.165, 1.54) is 5.56 Å². The fraction of sp³-hybridized carbons (Fsp3) is 0.611. The van der Waals surface area contributed by atoms with Gasteiger partial charge in [0.2, 0.25) is 5.91 Å². The van der Waals surface area contributed by atoms with Crippen molar-refractivity contribution in [1.82, 2.24) is 4.90 Å². The number of nitrogens with one attached hydrogen (secondary N) is 1. The van der Waals surface area contributed by atoms with Gasteiger partial charge in [-0.3, -0.25) is 9.69 Å². The molecular weight excluding hydrogens is 276 g/mol. The van der Waals surface area contributed by atoms with Gasteiger partial charge >= 0.3 is 0 Å². The minimum absolute atomic E-state index is 0.0138. The maximum Gasteiger partial charge on any atom is 0.241 e. The number of likely N-dealkylation sites (tertiary alicyclic amines) is 1. The molecule has 0 aliphatic carbocycles.